The molecule has 0 aromatic heterocycles. The molecule has 7 heteroatoms. The molecule has 1 aliphatic heterocycles. The molecule has 2 aromatic carbocycles. The number of carbonyl (C=O) groups excluding carboxylic acids is 1. The van der Waals surface area contributed by atoms with E-state index in [2.05, 4.69) is 15.4 Å². The normalized spacial score (nSPS) is 17.4. The Hall–Kier alpha value is -2.22. The smallest absolute Gasteiger partial charge is 0.251 e. The van der Waals surface area contributed by atoms with Gasteiger partial charge in [-0.1, -0.05) is 36.4 Å². The van der Waals surface area contributed by atoms with Crippen LogP contribution < -0.4 is 15.4 Å². The van der Waals surface area contributed by atoms with Gasteiger partial charge in [-0.15, -0.1) is 0 Å². The zero-order chi connectivity index (χ0) is 19.3. The van der Waals surface area contributed by atoms with E-state index in [0.717, 1.165) is 37.1 Å². The van der Waals surface area contributed by atoms with Gasteiger partial charge in [-0.05, 0) is 49.6 Å². The highest BCUT2D eigenvalue weighted by molar-refractivity contribution is 7.89. The minimum absolute atomic E-state index is 0.0714. The molecule has 1 aliphatic rings. The predicted octanol–water partition coefficient (Wildman–Crippen LogP) is 1.96. The lowest BCUT2D eigenvalue weighted by molar-refractivity contribution is 0.0930. The molecule has 6 nitrogen and oxygen atoms in total. The Kier molecular flexibility index (Phi) is 6.26. The Morgan fingerprint density at radius 2 is 1.96 bits per heavy atom. The van der Waals surface area contributed by atoms with Crippen LogP contribution in [0, 0.1) is 6.92 Å². The highest BCUT2D eigenvalue weighted by atomic mass is 32.2. The largest absolute Gasteiger partial charge is 0.348 e. The molecule has 2 aromatic rings. The van der Waals surface area contributed by atoms with Crippen molar-refractivity contribution < 1.29 is 13.2 Å². The lowest BCUT2D eigenvalue weighted by Gasteiger charge is -2.24. The third kappa shape index (κ3) is 5.15. The van der Waals surface area contributed by atoms with E-state index in [1.807, 2.05) is 37.3 Å². The third-order valence-corrected chi connectivity index (χ3v) is 6.10. The van der Waals surface area contributed by atoms with Crippen LogP contribution in [0.1, 0.15) is 34.3 Å². The fraction of sp³-hybridized carbons (Fsp3) is 0.350. The summed E-state index contributed by atoms with van der Waals surface area (Å²) in [5.74, 6) is -0.235. The van der Waals surface area contributed by atoms with Crippen molar-refractivity contribution in [2.45, 2.75) is 37.2 Å². The number of rotatable bonds is 6. The molecule has 0 aliphatic carbocycles. The van der Waals surface area contributed by atoms with E-state index in [1.54, 1.807) is 6.07 Å². The number of sulfonamides is 1. The molecule has 3 rings (SSSR count). The highest BCUT2D eigenvalue weighted by Crippen LogP contribution is 2.17. The van der Waals surface area contributed by atoms with E-state index in [9.17, 15) is 13.2 Å². The van der Waals surface area contributed by atoms with Crippen molar-refractivity contribution in [1.82, 2.24) is 15.4 Å². The topological polar surface area (TPSA) is 87.3 Å². The maximum absolute atomic E-state index is 12.6. The van der Waals surface area contributed by atoms with E-state index >= 15 is 0 Å². The second-order valence-electron chi connectivity index (χ2n) is 6.80. The molecule has 1 amide bonds. The summed E-state index contributed by atoms with van der Waals surface area (Å²) in [6, 6.07) is 14.0. The van der Waals surface area contributed by atoms with E-state index in [0.29, 0.717) is 5.56 Å². The average molecular weight is 388 g/mol. The Morgan fingerprint density at radius 1 is 1.19 bits per heavy atom. The highest BCUT2D eigenvalue weighted by Gasteiger charge is 2.20. The number of amides is 1. The second kappa shape index (κ2) is 8.65. The molecule has 27 heavy (non-hydrogen) atoms. The van der Waals surface area contributed by atoms with Crippen molar-refractivity contribution in [2.24, 2.45) is 0 Å². The van der Waals surface area contributed by atoms with Crippen LogP contribution in [-0.2, 0) is 16.6 Å². The van der Waals surface area contributed by atoms with E-state index in [4.69, 9.17) is 0 Å². The summed E-state index contributed by atoms with van der Waals surface area (Å²) in [6.45, 7) is 3.71. The van der Waals surface area contributed by atoms with Crippen LogP contribution in [-0.4, -0.2) is 33.5 Å². The molecule has 0 radical (unpaired) electrons. The maximum atomic E-state index is 12.6. The zero-order valence-electron chi connectivity index (χ0n) is 15.4. The van der Waals surface area contributed by atoms with E-state index in [-0.39, 0.29) is 23.4 Å². The van der Waals surface area contributed by atoms with Crippen LogP contribution in [0.4, 0.5) is 0 Å². The first-order valence-electron chi connectivity index (χ1n) is 9.11. The van der Waals surface area contributed by atoms with Crippen molar-refractivity contribution >= 4 is 15.9 Å². The van der Waals surface area contributed by atoms with Crippen LogP contribution in [0.2, 0.25) is 0 Å². The number of carbonyl (C=O) groups is 1. The Labute approximate surface area is 160 Å². The molecule has 0 bridgehead atoms. The summed E-state index contributed by atoms with van der Waals surface area (Å²) in [7, 11) is -3.71. The molecule has 1 saturated heterocycles. The van der Waals surface area contributed by atoms with Gasteiger partial charge >= 0.3 is 0 Å². The maximum Gasteiger partial charge on any atom is 0.251 e. The number of aryl methyl sites for hydroxylation is 1. The van der Waals surface area contributed by atoms with Gasteiger partial charge in [-0.3, -0.25) is 4.79 Å². The van der Waals surface area contributed by atoms with Gasteiger partial charge in [0.25, 0.3) is 5.91 Å². The lowest BCUT2D eigenvalue weighted by atomic mass is 10.1. The van der Waals surface area contributed by atoms with Gasteiger partial charge in [0.05, 0.1) is 4.90 Å². The third-order valence-electron chi connectivity index (χ3n) is 4.71. The standard InChI is InChI=1S/C20H25N3O3S/c1-15-9-10-18(27(25,26)22-13-16-6-3-2-4-7-16)12-19(15)20(24)23-17-8-5-11-21-14-17/h2-4,6-7,9-10,12,17,21-22H,5,8,11,13-14H2,1H3,(H,23,24). The van der Waals surface area contributed by atoms with Gasteiger partial charge < -0.3 is 10.6 Å². The summed E-state index contributed by atoms with van der Waals surface area (Å²) in [4.78, 5) is 12.7. The van der Waals surface area contributed by atoms with Crippen LogP contribution in [0.15, 0.2) is 53.4 Å². The minimum Gasteiger partial charge on any atom is -0.348 e. The van der Waals surface area contributed by atoms with Gasteiger partial charge in [0.15, 0.2) is 0 Å². The van der Waals surface area contributed by atoms with Crippen LogP contribution in [0.25, 0.3) is 0 Å². The van der Waals surface area contributed by atoms with Crippen molar-refractivity contribution in [3.63, 3.8) is 0 Å². The van der Waals surface area contributed by atoms with Crippen LogP contribution in [0.5, 0.6) is 0 Å². The number of nitrogens with one attached hydrogen (secondary N) is 3. The average Bonchev–Trinajstić information content (AvgIpc) is 2.68. The van der Waals surface area contributed by atoms with Crippen LogP contribution >= 0.6 is 0 Å². The van der Waals surface area contributed by atoms with Gasteiger partial charge in [-0.2, -0.15) is 0 Å². The number of hydrogen-bond acceptors (Lipinski definition) is 4. The molecular weight excluding hydrogens is 362 g/mol. The molecule has 1 atom stereocenters. The molecule has 1 heterocycles. The fourth-order valence-corrected chi connectivity index (χ4v) is 4.15. The van der Waals surface area contributed by atoms with Gasteiger partial charge in [0.2, 0.25) is 10.0 Å². The first-order chi connectivity index (χ1) is 13.0. The zero-order valence-corrected chi connectivity index (χ0v) is 16.2. The first-order valence-corrected chi connectivity index (χ1v) is 10.6. The Balaban J connectivity index is 1.74. The first kappa shape index (κ1) is 19.5. The summed E-state index contributed by atoms with van der Waals surface area (Å²) >= 11 is 0. The molecule has 144 valence electrons. The van der Waals surface area contributed by atoms with Crippen LogP contribution in [0.3, 0.4) is 0 Å². The summed E-state index contributed by atoms with van der Waals surface area (Å²) in [6.07, 6.45) is 1.94. The quantitative estimate of drug-likeness (QED) is 0.707. The number of piperidine rings is 1. The lowest BCUT2D eigenvalue weighted by Crippen LogP contribution is -2.45. The monoisotopic (exact) mass is 387 g/mol. The molecule has 1 unspecified atom stereocenters. The SMILES string of the molecule is Cc1ccc(S(=O)(=O)NCc2ccccc2)cc1C(=O)NC1CCCNC1. The van der Waals surface area contributed by atoms with E-state index in [1.165, 1.54) is 12.1 Å². The fourth-order valence-electron chi connectivity index (χ4n) is 3.11. The molecule has 3 N–H and O–H groups in total. The summed E-state index contributed by atoms with van der Waals surface area (Å²) in [5.41, 5.74) is 2.01. The predicted molar refractivity (Wildman–Crippen MR) is 105 cm³/mol. The molecule has 1 fully saturated rings. The van der Waals surface area contributed by atoms with Crippen molar-refractivity contribution in [1.29, 1.82) is 0 Å². The van der Waals surface area contributed by atoms with Crippen molar-refractivity contribution in [3.8, 4) is 0 Å². The minimum atomic E-state index is -3.71. The van der Waals surface area contributed by atoms with Crippen molar-refractivity contribution in [2.75, 3.05) is 13.1 Å². The molecule has 0 saturated carbocycles. The summed E-state index contributed by atoms with van der Waals surface area (Å²) < 4.78 is 27.8. The number of hydrogen-bond donors (Lipinski definition) is 3. The summed E-state index contributed by atoms with van der Waals surface area (Å²) in [5, 5.41) is 6.25. The van der Waals surface area contributed by atoms with Gasteiger partial charge in [0, 0.05) is 24.7 Å². The van der Waals surface area contributed by atoms with Gasteiger partial charge in [0.1, 0.15) is 0 Å². The number of benzene rings is 2. The molecule has 0 spiro atoms. The Morgan fingerprint density at radius 3 is 2.67 bits per heavy atom. The van der Waals surface area contributed by atoms with Gasteiger partial charge in [-0.25, -0.2) is 13.1 Å². The second-order valence-corrected chi connectivity index (χ2v) is 8.57. The van der Waals surface area contributed by atoms with E-state index < -0.39 is 10.0 Å². The van der Waals surface area contributed by atoms with Crippen molar-refractivity contribution in [3.05, 3.63) is 65.2 Å². The molecular formula is C20H25N3O3S. The Bertz CT molecular complexity index is 892.